The first-order valence-corrected chi connectivity index (χ1v) is 11.4. The Bertz CT molecular complexity index is 823. The molecule has 0 fully saturated rings. The lowest BCUT2D eigenvalue weighted by Crippen LogP contribution is -2.75. The molecule has 0 heterocycles. The van der Waals surface area contributed by atoms with Gasteiger partial charge in [0.2, 0.25) is 6.17 Å². The molecular formula is C16H16F20O3Si. The molecule has 0 N–H and O–H groups in total. The normalized spacial score (nSPS) is 16.6. The lowest BCUT2D eigenvalue weighted by molar-refractivity contribution is -0.465. The number of rotatable bonds is 16. The second-order valence-electron chi connectivity index (χ2n) is 7.51. The molecule has 0 aromatic carbocycles. The molecule has 0 saturated carbocycles. The third kappa shape index (κ3) is 6.22. The van der Waals surface area contributed by atoms with Gasteiger partial charge in [-0.15, -0.1) is 0 Å². The number of alkyl halides is 20. The minimum atomic E-state index is -9.00. The predicted molar refractivity (Wildman–Crippen MR) is 91.5 cm³/mol. The Morgan fingerprint density at radius 3 is 1.15 bits per heavy atom. The van der Waals surface area contributed by atoms with E-state index in [1.165, 1.54) is 13.8 Å². The molecule has 0 aliphatic heterocycles. The van der Waals surface area contributed by atoms with Crippen LogP contribution in [0, 0.1) is 0 Å². The molecule has 0 radical (unpaired) electrons. The van der Waals surface area contributed by atoms with Gasteiger partial charge in [-0.25, -0.2) is 13.2 Å². The van der Waals surface area contributed by atoms with Gasteiger partial charge in [0.25, 0.3) is 5.92 Å². The van der Waals surface area contributed by atoms with Crippen molar-refractivity contribution in [2.75, 3.05) is 19.8 Å². The molecule has 0 aromatic rings. The summed E-state index contributed by atoms with van der Waals surface area (Å²) in [7, 11) is -3.35. The second kappa shape index (κ2) is 11.8. The fourth-order valence-corrected chi connectivity index (χ4v) is 3.58. The minimum absolute atomic E-state index is 0.217. The molecule has 0 aromatic heterocycles. The molecule has 0 saturated heterocycles. The second-order valence-corrected chi connectivity index (χ2v) is 9.09. The summed E-state index contributed by atoms with van der Waals surface area (Å²) >= 11 is 0. The zero-order chi connectivity index (χ0) is 32.6. The summed E-state index contributed by atoms with van der Waals surface area (Å²) < 4.78 is 280. The highest BCUT2D eigenvalue weighted by molar-refractivity contribution is 6.36. The van der Waals surface area contributed by atoms with Crippen molar-refractivity contribution in [3.05, 3.63) is 0 Å². The first kappa shape index (κ1) is 38.7. The van der Waals surface area contributed by atoms with Gasteiger partial charge in [-0.05, 0) is 13.8 Å². The highest BCUT2D eigenvalue weighted by Gasteiger charge is 2.96. The summed E-state index contributed by atoms with van der Waals surface area (Å²) in [4.78, 5) is 0. The Morgan fingerprint density at radius 1 is 0.500 bits per heavy atom. The lowest BCUT2D eigenvalue weighted by Gasteiger charge is -2.43. The fourth-order valence-electron chi connectivity index (χ4n) is 2.43. The van der Waals surface area contributed by atoms with E-state index in [4.69, 9.17) is 8.85 Å². The predicted octanol–water partition coefficient (Wildman–Crippen LogP) is 7.17. The molecule has 0 bridgehead atoms. The topological polar surface area (TPSA) is 27.7 Å². The molecule has 24 heteroatoms. The van der Waals surface area contributed by atoms with Crippen molar-refractivity contribution >= 4 is 9.53 Å². The van der Waals surface area contributed by atoms with Crippen molar-refractivity contribution in [2.24, 2.45) is 0 Å². The summed E-state index contributed by atoms with van der Waals surface area (Å²) in [6.07, 6.45) is -16.4. The van der Waals surface area contributed by atoms with Gasteiger partial charge in [0, 0.05) is 26.2 Å². The van der Waals surface area contributed by atoms with E-state index >= 15 is 0 Å². The summed E-state index contributed by atoms with van der Waals surface area (Å²) in [5.41, 5.74) is 0. The molecule has 1 atom stereocenters. The molecule has 242 valence electrons. The van der Waals surface area contributed by atoms with Crippen molar-refractivity contribution in [2.45, 2.75) is 80.0 Å². The van der Waals surface area contributed by atoms with Crippen LogP contribution in [0.2, 0.25) is 0 Å². The zero-order valence-electron chi connectivity index (χ0n) is 19.3. The van der Waals surface area contributed by atoms with E-state index in [9.17, 15) is 87.8 Å². The van der Waals surface area contributed by atoms with Crippen molar-refractivity contribution < 1.29 is 101 Å². The van der Waals surface area contributed by atoms with Gasteiger partial charge in [-0.3, -0.25) is 0 Å². The van der Waals surface area contributed by atoms with Crippen molar-refractivity contribution in [3.63, 3.8) is 0 Å². The molecule has 0 amide bonds. The third-order valence-electron chi connectivity index (χ3n) is 4.73. The SMILES string of the molecule is CCO[SiH](OCC)OCCC(F)(F)C(F)C(F)(F)C(F)(F)C(F)(F)C(F)(F)C(F)(F)C(F)(F)C(F)(F)C(F)(F)F. The van der Waals surface area contributed by atoms with Crippen molar-refractivity contribution in [1.29, 1.82) is 0 Å². The van der Waals surface area contributed by atoms with Crippen LogP contribution in [0.15, 0.2) is 0 Å². The molecule has 40 heavy (non-hydrogen) atoms. The van der Waals surface area contributed by atoms with Crippen LogP contribution in [0.1, 0.15) is 20.3 Å². The van der Waals surface area contributed by atoms with Crippen molar-refractivity contribution in [1.82, 2.24) is 0 Å². The van der Waals surface area contributed by atoms with Crippen LogP contribution in [0.4, 0.5) is 87.8 Å². The molecule has 3 nitrogen and oxygen atoms in total. The van der Waals surface area contributed by atoms with Gasteiger partial charge in [-0.2, -0.15) is 74.6 Å². The van der Waals surface area contributed by atoms with Crippen LogP contribution in [0.5, 0.6) is 0 Å². The van der Waals surface area contributed by atoms with Crippen LogP contribution >= 0.6 is 0 Å². The Balaban J connectivity index is 6.43. The first-order chi connectivity index (χ1) is 17.4. The molecule has 0 aliphatic rings. The van der Waals surface area contributed by atoms with E-state index < -0.39 is 82.3 Å². The molecule has 0 spiro atoms. The Labute approximate surface area is 211 Å². The van der Waals surface area contributed by atoms with Gasteiger partial charge in [0.05, 0.1) is 0 Å². The van der Waals surface area contributed by atoms with Crippen molar-refractivity contribution in [3.8, 4) is 0 Å². The highest BCUT2D eigenvalue weighted by atomic mass is 28.3. The van der Waals surface area contributed by atoms with E-state index in [-0.39, 0.29) is 13.2 Å². The smallest absolute Gasteiger partial charge is 0.376 e. The Morgan fingerprint density at radius 2 is 0.825 bits per heavy atom. The summed E-state index contributed by atoms with van der Waals surface area (Å²) in [6, 6.07) is 0. The van der Waals surface area contributed by atoms with E-state index in [2.05, 4.69) is 4.43 Å². The van der Waals surface area contributed by atoms with Crippen LogP contribution in [-0.4, -0.2) is 89.1 Å². The van der Waals surface area contributed by atoms with E-state index in [1.54, 1.807) is 0 Å². The number of hydrogen-bond donors (Lipinski definition) is 0. The Hall–Kier alpha value is -1.30. The van der Waals surface area contributed by atoms with Crippen LogP contribution in [0.3, 0.4) is 0 Å². The van der Waals surface area contributed by atoms with Gasteiger partial charge in [-0.1, -0.05) is 0 Å². The summed E-state index contributed by atoms with van der Waals surface area (Å²) in [5.74, 6) is -66.5. The van der Waals surface area contributed by atoms with Gasteiger partial charge >= 0.3 is 57.2 Å². The largest absolute Gasteiger partial charge is 0.484 e. The van der Waals surface area contributed by atoms with Crippen LogP contribution in [0.25, 0.3) is 0 Å². The quantitative estimate of drug-likeness (QED) is 0.130. The van der Waals surface area contributed by atoms with E-state index in [1.807, 2.05) is 0 Å². The molecule has 1 unspecified atom stereocenters. The van der Waals surface area contributed by atoms with E-state index in [0.717, 1.165) is 0 Å². The maximum Gasteiger partial charge on any atom is 0.484 e. The third-order valence-corrected chi connectivity index (χ3v) is 6.45. The summed E-state index contributed by atoms with van der Waals surface area (Å²) in [6.45, 7) is 0.513. The standard InChI is InChI=1S/C16H16F20O3Si/c1-3-37-40(38-4-2)39-6-5-8(18,19)7(17)9(20,21)10(22,23)11(24,25)12(26,27)13(28,29)14(30,31)15(32,33)16(34,35)36/h7,40H,3-6H2,1-2H3. The lowest BCUT2D eigenvalue weighted by atomic mass is 9.86. The fraction of sp³-hybridized carbons (Fsp3) is 1.00. The average molecular weight is 664 g/mol. The van der Waals surface area contributed by atoms with Gasteiger partial charge < -0.3 is 13.3 Å². The average Bonchev–Trinajstić information content (AvgIpc) is 2.77. The number of halogens is 20. The molecule has 0 rings (SSSR count). The van der Waals surface area contributed by atoms with E-state index in [0.29, 0.717) is 0 Å². The molecular weight excluding hydrogens is 648 g/mol. The van der Waals surface area contributed by atoms with Gasteiger partial charge in [0.15, 0.2) is 0 Å². The summed E-state index contributed by atoms with van der Waals surface area (Å²) in [5, 5.41) is 0. The highest BCUT2D eigenvalue weighted by Crippen LogP contribution is 2.64. The number of hydrogen-bond acceptors (Lipinski definition) is 3. The first-order valence-electron chi connectivity index (χ1n) is 9.98. The monoisotopic (exact) mass is 664 g/mol. The zero-order valence-corrected chi connectivity index (χ0v) is 20.4. The minimum Gasteiger partial charge on any atom is -0.376 e. The van der Waals surface area contributed by atoms with Crippen LogP contribution < -0.4 is 0 Å². The maximum absolute atomic E-state index is 13.8. The van der Waals surface area contributed by atoms with Gasteiger partial charge in [0.1, 0.15) is 0 Å². The maximum atomic E-state index is 13.8. The van der Waals surface area contributed by atoms with Crippen LogP contribution in [-0.2, 0) is 13.3 Å². The molecule has 0 aliphatic carbocycles. The Kier molecular flexibility index (Phi) is 11.4.